The van der Waals surface area contributed by atoms with E-state index in [1.807, 2.05) is 6.07 Å². The van der Waals surface area contributed by atoms with Gasteiger partial charge < -0.3 is 10.2 Å². The van der Waals surface area contributed by atoms with Crippen LogP contribution in [0.3, 0.4) is 0 Å². The molecule has 0 aliphatic rings. The first-order valence-corrected chi connectivity index (χ1v) is 5.48. The van der Waals surface area contributed by atoms with Gasteiger partial charge in [0.2, 0.25) is 0 Å². The van der Waals surface area contributed by atoms with Gasteiger partial charge in [-0.3, -0.25) is 9.59 Å². The maximum atomic E-state index is 11.0. The van der Waals surface area contributed by atoms with Crippen molar-refractivity contribution in [2.24, 2.45) is 0 Å². The maximum Gasteiger partial charge on any atom is 0.322 e. The van der Waals surface area contributed by atoms with Crippen LogP contribution >= 0.6 is 0 Å². The van der Waals surface area contributed by atoms with Gasteiger partial charge in [0.05, 0.1) is 6.07 Å². The molecular weight excluding hydrogens is 234 g/mol. The highest BCUT2D eigenvalue weighted by Crippen LogP contribution is 2.22. The van der Waals surface area contributed by atoms with Crippen LogP contribution in [0.25, 0.3) is 0 Å². The fourth-order valence-corrected chi connectivity index (χ4v) is 1.77. The van der Waals surface area contributed by atoms with Gasteiger partial charge in [0.25, 0.3) is 0 Å². The topological polar surface area (TPSA) is 98.4 Å². The van der Waals surface area contributed by atoms with Crippen LogP contribution in [0.4, 0.5) is 0 Å². The molecule has 0 aliphatic carbocycles. The summed E-state index contributed by atoms with van der Waals surface area (Å²) >= 11 is 0. The number of aryl methyl sites for hydroxylation is 1. The summed E-state index contributed by atoms with van der Waals surface area (Å²) in [5.41, 5.74) is 0.956. The Morgan fingerprint density at radius 2 is 1.83 bits per heavy atom. The Morgan fingerprint density at radius 1 is 1.22 bits per heavy atom. The zero-order chi connectivity index (χ0) is 13.5. The molecule has 0 saturated heterocycles. The summed E-state index contributed by atoms with van der Waals surface area (Å²) in [6, 6.07) is 8.55. The van der Waals surface area contributed by atoms with Gasteiger partial charge in [-0.05, 0) is 24.0 Å². The molecule has 94 valence electrons. The van der Waals surface area contributed by atoms with Crippen LogP contribution in [0.15, 0.2) is 24.3 Å². The van der Waals surface area contributed by atoms with E-state index in [4.69, 9.17) is 15.5 Å². The molecule has 0 unspecified atom stereocenters. The number of nitriles is 1. The molecule has 0 atom stereocenters. The van der Waals surface area contributed by atoms with E-state index in [0.29, 0.717) is 24.8 Å². The van der Waals surface area contributed by atoms with Crippen LogP contribution in [-0.4, -0.2) is 22.2 Å². The Kier molecular flexibility index (Phi) is 4.88. The van der Waals surface area contributed by atoms with Crippen LogP contribution in [0.5, 0.6) is 0 Å². The van der Waals surface area contributed by atoms with Crippen molar-refractivity contribution in [3.8, 4) is 6.07 Å². The smallest absolute Gasteiger partial charge is 0.322 e. The van der Waals surface area contributed by atoms with E-state index in [9.17, 15) is 9.59 Å². The molecule has 0 radical (unpaired) electrons. The Hall–Kier alpha value is -2.35. The van der Waals surface area contributed by atoms with E-state index in [0.717, 1.165) is 0 Å². The van der Waals surface area contributed by atoms with E-state index in [2.05, 4.69) is 0 Å². The van der Waals surface area contributed by atoms with Crippen molar-refractivity contribution in [3.63, 3.8) is 0 Å². The molecule has 5 heteroatoms. The third-order valence-corrected chi connectivity index (χ3v) is 2.59. The largest absolute Gasteiger partial charge is 0.480 e. The predicted molar refractivity (Wildman–Crippen MR) is 63.0 cm³/mol. The van der Waals surface area contributed by atoms with Crippen molar-refractivity contribution in [2.45, 2.75) is 25.2 Å². The molecule has 1 rings (SSSR count). The minimum Gasteiger partial charge on any atom is -0.480 e. The van der Waals surface area contributed by atoms with Crippen molar-refractivity contribution in [2.75, 3.05) is 0 Å². The molecule has 2 N–H and O–H groups in total. The van der Waals surface area contributed by atoms with Crippen molar-refractivity contribution in [1.82, 2.24) is 0 Å². The monoisotopic (exact) mass is 247 g/mol. The van der Waals surface area contributed by atoms with Crippen molar-refractivity contribution in [3.05, 3.63) is 35.4 Å². The fourth-order valence-electron chi connectivity index (χ4n) is 1.77. The average Bonchev–Trinajstić information content (AvgIpc) is 2.30. The second kappa shape index (κ2) is 6.40. The second-order valence-electron chi connectivity index (χ2n) is 3.82. The maximum absolute atomic E-state index is 11.0. The number of benzene rings is 1. The first kappa shape index (κ1) is 13.7. The number of hydrogen-bond donors (Lipinski definition) is 2. The van der Waals surface area contributed by atoms with Crippen LogP contribution in [0.1, 0.15) is 29.9 Å². The SMILES string of the molecule is N#CCCCc1ccccc1C(C(=O)O)C(=O)O. The lowest BCUT2D eigenvalue weighted by Gasteiger charge is -2.12. The summed E-state index contributed by atoms with van der Waals surface area (Å²) in [6.07, 6.45) is 1.44. The number of nitrogens with zero attached hydrogens (tertiary/aromatic N) is 1. The molecule has 1 aromatic rings. The molecule has 0 fully saturated rings. The Labute approximate surface area is 104 Å². The lowest BCUT2D eigenvalue weighted by atomic mass is 9.92. The van der Waals surface area contributed by atoms with Crippen molar-refractivity contribution >= 4 is 11.9 Å². The molecule has 1 aromatic carbocycles. The van der Waals surface area contributed by atoms with E-state index in [-0.39, 0.29) is 5.56 Å². The van der Waals surface area contributed by atoms with Gasteiger partial charge in [-0.15, -0.1) is 0 Å². The van der Waals surface area contributed by atoms with Gasteiger partial charge >= 0.3 is 11.9 Å². The van der Waals surface area contributed by atoms with Crippen molar-refractivity contribution in [1.29, 1.82) is 5.26 Å². The molecule has 5 nitrogen and oxygen atoms in total. The lowest BCUT2D eigenvalue weighted by molar-refractivity contribution is -0.150. The summed E-state index contributed by atoms with van der Waals surface area (Å²) in [5.74, 6) is -4.31. The summed E-state index contributed by atoms with van der Waals surface area (Å²) in [5, 5.41) is 26.4. The van der Waals surface area contributed by atoms with E-state index in [1.165, 1.54) is 6.07 Å². The number of carbonyl (C=O) groups is 2. The number of unbranched alkanes of at least 4 members (excludes halogenated alkanes) is 1. The molecule has 0 bridgehead atoms. The average molecular weight is 247 g/mol. The van der Waals surface area contributed by atoms with Gasteiger partial charge in [-0.2, -0.15) is 5.26 Å². The molecule has 0 amide bonds. The Morgan fingerprint density at radius 3 is 2.39 bits per heavy atom. The number of aliphatic carboxylic acids is 2. The van der Waals surface area contributed by atoms with E-state index >= 15 is 0 Å². The van der Waals surface area contributed by atoms with Gasteiger partial charge in [0.1, 0.15) is 0 Å². The molecule has 0 aliphatic heterocycles. The van der Waals surface area contributed by atoms with Gasteiger partial charge in [-0.25, -0.2) is 0 Å². The zero-order valence-electron chi connectivity index (χ0n) is 9.67. The lowest BCUT2D eigenvalue weighted by Crippen LogP contribution is -2.22. The van der Waals surface area contributed by atoms with Gasteiger partial charge in [0, 0.05) is 6.42 Å². The first-order valence-electron chi connectivity index (χ1n) is 5.48. The molecule has 0 aromatic heterocycles. The van der Waals surface area contributed by atoms with Crippen LogP contribution < -0.4 is 0 Å². The second-order valence-corrected chi connectivity index (χ2v) is 3.82. The minimum atomic E-state index is -1.55. The van der Waals surface area contributed by atoms with Crippen molar-refractivity contribution < 1.29 is 19.8 Å². The Bertz CT molecular complexity index is 476. The highest BCUT2D eigenvalue weighted by atomic mass is 16.4. The van der Waals surface area contributed by atoms with E-state index in [1.54, 1.807) is 18.2 Å². The fraction of sp³-hybridized carbons (Fsp3) is 0.308. The van der Waals surface area contributed by atoms with Gasteiger partial charge in [0.15, 0.2) is 5.92 Å². The standard InChI is InChI=1S/C13H13NO4/c14-8-4-3-6-9-5-1-2-7-10(9)11(12(15)16)13(17)18/h1-2,5,7,11H,3-4,6H2,(H,15,16)(H,17,18). The summed E-state index contributed by atoms with van der Waals surface area (Å²) < 4.78 is 0. The first-order chi connectivity index (χ1) is 8.57. The third kappa shape index (κ3) is 3.32. The normalized spacial score (nSPS) is 10.0. The molecule has 0 saturated carbocycles. The van der Waals surface area contributed by atoms with Gasteiger partial charge in [-0.1, -0.05) is 24.3 Å². The number of carboxylic acids is 2. The van der Waals surface area contributed by atoms with Crippen LogP contribution in [0.2, 0.25) is 0 Å². The third-order valence-electron chi connectivity index (χ3n) is 2.59. The predicted octanol–water partition coefficient (Wildman–Crippen LogP) is 1.79. The zero-order valence-corrected chi connectivity index (χ0v) is 9.67. The molecule has 18 heavy (non-hydrogen) atoms. The molecule has 0 heterocycles. The molecule has 0 spiro atoms. The number of hydrogen-bond acceptors (Lipinski definition) is 3. The summed E-state index contributed by atoms with van der Waals surface area (Å²) in [4.78, 5) is 22.0. The van der Waals surface area contributed by atoms with Crippen LogP contribution in [-0.2, 0) is 16.0 Å². The Balaban J connectivity index is 3.03. The highest BCUT2D eigenvalue weighted by Gasteiger charge is 2.29. The van der Waals surface area contributed by atoms with E-state index < -0.39 is 17.9 Å². The quantitative estimate of drug-likeness (QED) is 0.589. The highest BCUT2D eigenvalue weighted by molar-refractivity contribution is 5.99. The minimum absolute atomic E-state index is 0.287. The van der Waals surface area contributed by atoms with Crippen LogP contribution in [0, 0.1) is 11.3 Å². The molecular formula is C13H13NO4. The summed E-state index contributed by atoms with van der Waals surface area (Å²) in [6.45, 7) is 0. The summed E-state index contributed by atoms with van der Waals surface area (Å²) in [7, 11) is 0. The number of carboxylic acid groups (broad SMARTS) is 2. The number of rotatable bonds is 6.